The summed E-state index contributed by atoms with van der Waals surface area (Å²) in [5, 5.41) is 2.98. The Hall–Kier alpha value is -1.55. The first-order chi connectivity index (χ1) is 8.18. The summed E-state index contributed by atoms with van der Waals surface area (Å²) in [6.45, 7) is 4.80. The fourth-order valence-corrected chi connectivity index (χ4v) is 1.22. The number of rotatable bonds is 7. The lowest BCUT2D eigenvalue weighted by Crippen LogP contribution is -2.19. The molecule has 0 aromatic heterocycles. The molecule has 0 heterocycles. The Balaban J connectivity index is 2.09. The number of hydrogen-bond donors (Lipinski definition) is 1. The minimum atomic E-state index is -0.277. The second-order valence-electron chi connectivity index (χ2n) is 3.86. The van der Waals surface area contributed by atoms with Crippen molar-refractivity contribution >= 4 is 11.7 Å². The summed E-state index contributed by atoms with van der Waals surface area (Å²) in [7, 11) is 0. The molecule has 0 saturated heterocycles. The summed E-state index contributed by atoms with van der Waals surface area (Å²) in [5.74, 6) is -0.277. The molecule has 4 nitrogen and oxygen atoms in total. The minimum absolute atomic E-state index is 0.163. The normalized spacial score (nSPS) is 10.3. The van der Waals surface area contributed by atoms with Crippen LogP contribution in [0.5, 0.6) is 0 Å². The third-order valence-electron chi connectivity index (χ3n) is 2.01. The van der Waals surface area contributed by atoms with Crippen molar-refractivity contribution in [2.45, 2.75) is 20.0 Å². The number of hydrogen-bond acceptors (Lipinski definition) is 4. The van der Waals surface area contributed by atoms with Crippen LogP contribution < -0.4 is 5.32 Å². The fraction of sp³-hybridized carbons (Fsp3) is 0.462. The van der Waals surface area contributed by atoms with E-state index in [1.807, 2.05) is 44.2 Å². The quantitative estimate of drug-likeness (QED) is 0.582. The van der Waals surface area contributed by atoms with Crippen molar-refractivity contribution in [1.82, 2.24) is 0 Å². The van der Waals surface area contributed by atoms with Gasteiger partial charge in [-0.1, -0.05) is 18.2 Å². The minimum Gasteiger partial charge on any atom is -0.462 e. The lowest BCUT2D eigenvalue weighted by Gasteiger charge is -2.09. The molecule has 4 heteroatoms. The second-order valence-corrected chi connectivity index (χ2v) is 3.86. The molecular formula is C13H19NO3. The van der Waals surface area contributed by atoms with Crippen LogP contribution in [-0.4, -0.2) is 31.8 Å². The standard InChI is InChI=1S/C13H19NO3/c1-11(2)16-8-9-17-13(15)10-14-12-6-4-3-5-7-12/h3-7,11,14H,8-10H2,1-2H3. The topological polar surface area (TPSA) is 47.6 Å². The summed E-state index contributed by atoms with van der Waals surface area (Å²) in [4.78, 5) is 11.3. The Kier molecular flexibility index (Phi) is 6.10. The van der Waals surface area contributed by atoms with Gasteiger partial charge in [0, 0.05) is 5.69 Å². The number of esters is 1. The number of carbonyl (C=O) groups excluding carboxylic acids is 1. The molecule has 1 rings (SSSR count). The Bertz CT molecular complexity index is 325. The van der Waals surface area contributed by atoms with Crippen LogP contribution in [-0.2, 0) is 14.3 Å². The molecule has 1 aromatic carbocycles. The highest BCUT2D eigenvalue weighted by Gasteiger charge is 2.02. The second kappa shape index (κ2) is 7.68. The summed E-state index contributed by atoms with van der Waals surface area (Å²) in [5.41, 5.74) is 0.905. The molecule has 94 valence electrons. The zero-order valence-corrected chi connectivity index (χ0v) is 10.3. The first-order valence-corrected chi connectivity index (χ1v) is 5.74. The molecule has 1 N–H and O–H groups in total. The van der Waals surface area contributed by atoms with Crippen LogP contribution in [0, 0.1) is 0 Å². The van der Waals surface area contributed by atoms with E-state index in [2.05, 4.69) is 5.32 Å². The van der Waals surface area contributed by atoms with Gasteiger partial charge in [-0.3, -0.25) is 4.79 Å². The SMILES string of the molecule is CC(C)OCCOC(=O)CNc1ccccc1. The van der Waals surface area contributed by atoms with Crippen LogP contribution in [0.1, 0.15) is 13.8 Å². The Morgan fingerprint density at radius 2 is 1.94 bits per heavy atom. The van der Waals surface area contributed by atoms with E-state index < -0.39 is 0 Å². The van der Waals surface area contributed by atoms with Gasteiger partial charge in [0.25, 0.3) is 0 Å². The molecule has 0 saturated carbocycles. The zero-order valence-electron chi connectivity index (χ0n) is 10.3. The smallest absolute Gasteiger partial charge is 0.325 e. The lowest BCUT2D eigenvalue weighted by atomic mass is 10.3. The molecule has 0 fully saturated rings. The van der Waals surface area contributed by atoms with E-state index in [-0.39, 0.29) is 18.6 Å². The van der Waals surface area contributed by atoms with Crippen LogP contribution in [0.3, 0.4) is 0 Å². The van der Waals surface area contributed by atoms with E-state index in [1.54, 1.807) is 0 Å². The molecule has 0 atom stereocenters. The van der Waals surface area contributed by atoms with E-state index in [0.29, 0.717) is 13.2 Å². The van der Waals surface area contributed by atoms with Gasteiger partial charge in [0.15, 0.2) is 0 Å². The molecule has 0 aliphatic carbocycles. The molecule has 0 aliphatic rings. The number of ether oxygens (including phenoxy) is 2. The van der Waals surface area contributed by atoms with Crippen molar-refractivity contribution in [3.63, 3.8) is 0 Å². The molecule has 0 aliphatic heterocycles. The van der Waals surface area contributed by atoms with Gasteiger partial charge in [-0.15, -0.1) is 0 Å². The summed E-state index contributed by atoms with van der Waals surface area (Å²) < 4.78 is 10.2. The molecule has 17 heavy (non-hydrogen) atoms. The molecular weight excluding hydrogens is 218 g/mol. The summed E-state index contributed by atoms with van der Waals surface area (Å²) >= 11 is 0. The summed E-state index contributed by atoms with van der Waals surface area (Å²) in [6, 6.07) is 9.53. The number of para-hydroxylation sites is 1. The van der Waals surface area contributed by atoms with Crippen LogP contribution in [0.25, 0.3) is 0 Å². The van der Waals surface area contributed by atoms with Gasteiger partial charge in [-0.05, 0) is 26.0 Å². The van der Waals surface area contributed by atoms with Crippen molar-refractivity contribution in [2.24, 2.45) is 0 Å². The van der Waals surface area contributed by atoms with Gasteiger partial charge < -0.3 is 14.8 Å². The average Bonchev–Trinajstić information content (AvgIpc) is 2.33. The van der Waals surface area contributed by atoms with Crippen LogP contribution in [0.15, 0.2) is 30.3 Å². The largest absolute Gasteiger partial charge is 0.462 e. The summed E-state index contributed by atoms with van der Waals surface area (Å²) in [6.07, 6.45) is 0.163. The highest BCUT2D eigenvalue weighted by molar-refractivity contribution is 5.74. The van der Waals surface area contributed by atoms with E-state index in [9.17, 15) is 4.79 Å². The van der Waals surface area contributed by atoms with Crippen molar-refractivity contribution in [3.05, 3.63) is 30.3 Å². The van der Waals surface area contributed by atoms with E-state index in [0.717, 1.165) is 5.69 Å². The maximum Gasteiger partial charge on any atom is 0.325 e. The Labute approximate surface area is 102 Å². The number of benzene rings is 1. The van der Waals surface area contributed by atoms with Gasteiger partial charge >= 0.3 is 5.97 Å². The first-order valence-electron chi connectivity index (χ1n) is 5.74. The van der Waals surface area contributed by atoms with E-state index >= 15 is 0 Å². The zero-order chi connectivity index (χ0) is 12.5. The maximum atomic E-state index is 11.3. The van der Waals surface area contributed by atoms with Gasteiger partial charge in [-0.2, -0.15) is 0 Å². The van der Waals surface area contributed by atoms with Gasteiger partial charge in [0.05, 0.1) is 12.7 Å². The molecule has 0 amide bonds. The highest BCUT2D eigenvalue weighted by atomic mass is 16.6. The molecule has 0 radical (unpaired) electrons. The number of nitrogens with one attached hydrogen (secondary N) is 1. The monoisotopic (exact) mass is 237 g/mol. The number of carbonyl (C=O) groups is 1. The third-order valence-corrected chi connectivity index (χ3v) is 2.01. The van der Waals surface area contributed by atoms with Crippen molar-refractivity contribution in [3.8, 4) is 0 Å². The lowest BCUT2D eigenvalue weighted by molar-refractivity contribution is -0.143. The number of anilines is 1. The van der Waals surface area contributed by atoms with Gasteiger partial charge in [-0.25, -0.2) is 0 Å². The van der Waals surface area contributed by atoms with Crippen molar-refractivity contribution < 1.29 is 14.3 Å². The van der Waals surface area contributed by atoms with Crippen LogP contribution in [0.2, 0.25) is 0 Å². The molecule has 0 unspecified atom stereocenters. The van der Waals surface area contributed by atoms with Crippen LogP contribution >= 0.6 is 0 Å². The van der Waals surface area contributed by atoms with Crippen LogP contribution in [0.4, 0.5) is 5.69 Å². The predicted molar refractivity (Wildman–Crippen MR) is 67.0 cm³/mol. The van der Waals surface area contributed by atoms with Gasteiger partial charge in [0.1, 0.15) is 13.2 Å². The fourth-order valence-electron chi connectivity index (χ4n) is 1.22. The van der Waals surface area contributed by atoms with Crippen molar-refractivity contribution in [1.29, 1.82) is 0 Å². The Morgan fingerprint density at radius 3 is 2.59 bits per heavy atom. The van der Waals surface area contributed by atoms with Gasteiger partial charge in [0.2, 0.25) is 0 Å². The average molecular weight is 237 g/mol. The third kappa shape index (κ3) is 6.58. The Morgan fingerprint density at radius 1 is 1.24 bits per heavy atom. The first kappa shape index (κ1) is 13.5. The van der Waals surface area contributed by atoms with E-state index in [1.165, 1.54) is 0 Å². The van der Waals surface area contributed by atoms with E-state index in [4.69, 9.17) is 9.47 Å². The molecule has 0 bridgehead atoms. The maximum absolute atomic E-state index is 11.3. The highest BCUT2D eigenvalue weighted by Crippen LogP contribution is 2.03. The predicted octanol–water partition coefficient (Wildman–Crippen LogP) is 2.07. The molecule has 0 spiro atoms. The van der Waals surface area contributed by atoms with Crippen molar-refractivity contribution in [2.75, 3.05) is 25.1 Å². The molecule has 1 aromatic rings.